The Morgan fingerprint density at radius 1 is 1.31 bits per heavy atom. The Hall–Kier alpha value is -1.09. The van der Waals surface area contributed by atoms with E-state index in [1.165, 1.54) is 11.1 Å². The van der Waals surface area contributed by atoms with Crippen LogP contribution < -0.4 is 5.73 Å². The number of benzene rings is 1. The van der Waals surface area contributed by atoms with Crippen LogP contribution in [0.5, 0.6) is 0 Å². The molecule has 2 rings (SSSR count). The number of rotatable bonds is 1. The van der Waals surface area contributed by atoms with Crippen LogP contribution in [-0.4, -0.2) is 4.98 Å². The van der Waals surface area contributed by atoms with Crippen LogP contribution in [0.1, 0.15) is 23.7 Å². The highest BCUT2D eigenvalue weighted by molar-refractivity contribution is 9.10. The zero-order valence-corrected chi connectivity index (χ0v) is 11.4. The highest BCUT2D eigenvalue weighted by atomic mass is 79.9. The SMILES string of the molecule is CCc1cc(N)c2c(C)c(Br)c(C)cc2n1. The fourth-order valence-corrected chi connectivity index (χ4v) is 2.32. The lowest BCUT2D eigenvalue weighted by Gasteiger charge is -2.11. The van der Waals surface area contributed by atoms with Gasteiger partial charge >= 0.3 is 0 Å². The largest absolute Gasteiger partial charge is 0.398 e. The average molecular weight is 279 g/mol. The fraction of sp³-hybridized carbons (Fsp3) is 0.308. The van der Waals surface area contributed by atoms with Gasteiger partial charge in [0.25, 0.3) is 0 Å². The predicted octanol–water partition coefficient (Wildman–Crippen LogP) is 3.76. The molecule has 0 unspecified atom stereocenters. The quantitative estimate of drug-likeness (QED) is 0.863. The van der Waals surface area contributed by atoms with Gasteiger partial charge in [0.1, 0.15) is 0 Å². The normalized spacial score (nSPS) is 11.0. The van der Waals surface area contributed by atoms with E-state index in [0.717, 1.165) is 33.2 Å². The number of aromatic nitrogens is 1. The maximum atomic E-state index is 6.09. The second kappa shape index (κ2) is 4.06. The molecule has 0 saturated carbocycles. The van der Waals surface area contributed by atoms with E-state index in [2.05, 4.69) is 47.8 Å². The van der Waals surface area contributed by atoms with Gasteiger partial charge in [-0.25, -0.2) is 0 Å². The Kier molecular flexibility index (Phi) is 2.89. The topological polar surface area (TPSA) is 38.9 Å². The van der Waals surface area contributed by atoms with Gasteiger partial charge in [0.15, 0.2) is 0 Å². The number of hydrogen-bond acceptors (Lipinski definition) is 2. The van der Waals surface area contributed by atoms with Gasteiger partial charge < -0.3 is 5.73 Å². The fourth-order valence-electron chi connectivity index (χ4n) is 2.01. The summed E-state index contributed by atoms with van der Waals surface area (Å²) >= 11 is 3.59. The van der Waals surface area contributed by atoms with Crippen LogP contribution >= 0.6 is 15.9 Å². The Balaban J connectivity index is 2.90. The zero-order valence-electron chi connectivity index (χ0n) is 9.76. The lowest BCUT2D eigenvalue weighted by molar-refractivity contribution is 1.06. The summed E-state index contributed by atoms with van der Waals surface area (Å²) in [4.78, 5) is 4.62. The van der Waals surface area contributed by atoms with Crippen molar-refractivity contribution in [2.24, 2.45) is 0 Å². The first-order valence-corrected chi connectivity index (χ1v) is 6.18. The minimum atomic E-state index is 0.819. The average Bonchev–Trinajstić information content (AvgIpc) is 2.25. The first kappa shape index (κ1) is 11.4. The van der Waals surface area contributed by atoms with Crippen molar-refractivity contribution < 1.29 is 0 Å². The molecule has 0 saturated heterocycles. The van der Waals surface area contributed by atoms with Crippen LogP contribution in [-0.2, 0) is 6.42 Å². The predicted molar refractivity (Wildman–Crippen MR) is 72.7 cm³/mol. The smallest absolute Gasteiger partial charge is 0.0732 e. The van der Waals surface area contributed by atoms with Crippen molar-refractivity contribution >= 4 is 32.5 Å². The van der Waals surface area contributed by atoms with Crippen molar-refractivity contribution in [1.82, 2.24) is 4.98 Å². The van der Waals surface area contributed by atoms with Gasteiger partial charge in [-0.3, -0.25) is 4.98 Å². The number of fused-ring (bicyclic) bond motifs is 1. The molecule has 2 nitrogen and oxygen atoms in total. The third-order valence-electron chi connectivity index (χ3n) is 2.90. The Bertz CT molecular complexity index is 562. The summed E-state index contributed by atoms with van der Waals surface area (Å²) in [6.45, 7) is 6.24. The molecule has 1 heterocycles. The molecule has 16 heavy (non-hydrogen) atoms. The van der Waals surface area contributed by atoms with Crippen LogP contribution in [0.3, 0.4) is 0 Å². The Morgan fingerprint density at radius 3 is 2.62 bits per heavy atom. The second-order valence-electron chi connectivity index (χ2n) is 4.08. The summed E-state index contributed by atoms with van der Waals surface area (Å²) in [5.41, 5.74) is 11.3. The summed E-state index contributed by atoms with van der Waals surface area (Å²) in [5, 5.41) is 1.06. The van der Waals surface area contributed by atoms with E-state index in [4.69, 9.17) is 5.73 Å². The number of hydrogen-bond donors (Lipinski definition) is 1. The van der Waals surface area contributed by atoms with Gasteiger partial charge in [-0.15, -0.1) is 0 Å². The zero-order chi connectivity index (χ0) is 11.9. The first-order valence-electron chi connectivity index (χ1n) is 5.39. The van der Waals surface area contributed by atoms with E-state index in [1.54, 1.807) is 0 Å². The standard InChI is InChI=1S/C13H15BrN2/c1-4-9-6-10(15)12-8(3)13(14)7(2)5-11(12)16-9/h5-6H,4H2,1-3H3,(H2,15,16). The van der Waals surface area contributed by atoms with Gasteiger partial charge in [-0.1, -0.05) is 22.9 Å². The molecule has 84 valence electrons. The van der Waals surface area contributed by atoms with E-state index in [1.807, 2.05) is 6.07 Å². The van der Waals surface area contributed by atoms with E-state index >= 15 is 0 Å². The molecule has 0 aliphatic carbocycles. The van der Waals surface area contributed by atoms with Crippen molar-refractivity contribution in [2.75, 3.05) is 5.73 Å². The van der Waals surface area contributed by atoms with Gasteiger partial charge in [-0.2, -0.15) is 0 Å². The number of anilines is 1. The van der Waals surface area contributed by atoms with Crippen LogP contribution in [0.2, 0.25) is 0 Å². The maximum Gasteiger partial charge on any atom is 0.0732 e. The van der Waals surface area contributed by atoms with Crippen LogP contribution in [0.4, 0.5) is 5.69 Å². The maximum absolute atomic E-state index is 6.09. The highest BCUT2D eigenvalue weighted by Crippen LogP contribution is 2.32. The molecular weight excluding hydrogens is 264 g/mol. The van der Waals surface area contributed by atoms with Gasteiger partial charge in [0.05, 0.1) is 5.52 Å². The van der Waals surface area contributed by atoms with Gasteiger partial charge in [0, 0.05) is 21.2 Å². The second-order valence-corrected chi connectivity index (χ2v) is 4.88. The molecular formula is C13H15BrN2. The minimum absolute atomic E-state index is 0.819. The highest BCUT2D eigenvalue weighted by Gasteiger charge is 2.10. The summed E-state index contributed by atoms with van der Waals surface area (Å²) < 4.78 is 1.12. The molecule has 0 aliphatic rings. The molecule has 1 aromatic heterocycles. The molecule has 2 aromatic rings. The van der Waals surface area contributed by atoms with Gasteiger partial charge in [0.2, 0.25) is 0 Å². The summed E-state index contributed by atoms with van der Waals surface area (Å²) in [7, 11) is 0. The number of nitrogens with zero attached hydrogens (tertiary/aromatic N) is 1. The van der Waals surface area contributed by atoms with Crippen molar-refractivity contribution in [2.45, 2.75) is 27.2 Å². The summed E-state index contributed by atoms with van der Waals surface area (Å²) in [6, 6.07) is 4.05. The molecule has 3 heteroatoms. The number of halogens is 1. The number of aryl methyl sites for hydroxylation is 3. The Labute approximate surface area is 104 Å². The third-order valence-corrected chi connectivity index (χ3v) is 4.12. The third kappa shape index (κ3) is 1.69. The molecule has 0 fully saturated rings. The molecule has 0 aliphatic heterocycles. The lowest BCUT2D eigenvalue weighted by atomic mass is 10.0. The van der Waals surface area contributed by atoms with Crippen LogP contribution in [0.15, 0.2) is 16.6 Å². The van der Waals surface area contributed by atoms with E-state index in [-0.39, 0.29) is 0 Å². The summed E-state index contributed by atoms with van der Waals surface area (Å²) in [5.74, 6) is 0. The number of nitrogens with two attached hydrogens (primary N) is 1. The lowest BCUT2D eigenvalue weighted by Crippen LogP contribution is -1.97. The van der Waals surface area contributed by atoms with E-state index in [9.17, 15) is 0 Å². The van der Waals surface area contributed by atoms with Crippen molar-refractivity contribution in [1.29, 1.82) is 0 Å². The Morgan fingerprint density at radius 2 is 2.00 bits per heavy atom. The molecule has 1 aromatic carbocycles. The van der Waals surface area contributed by atoms with Gasteiger partial charge in [-0.05, 0) is 43.5 Å². The van der Waals surface area contributed by atoms with E-state index < -0.39 is 0 Å². The molecule has 0 amide bonds. The van der Waals surface area contributed by atoms with Crippen LogP contribution in [0, 0.1) is 13.8 Å². The minimum Gasteiger partial charge on any atom is -0.398 e. The van der Waals surface area contributed by atoms with Crippen LogP contribution in [0.25, 0.3) is 10.9 Å². The van der Waals surface area contributed by atoms with Crippen molar-refractivity contribution in [3.05, 3.63) is 33.4 Å². The van der Waals surface area contributed by atoms with Crippen molar-refractivity contribution in [3.8, 4) is 0 Å². The molecule has 0 bridgehead atoms. The molecule has 0 atom stereocenters. The monoisotopic (exact) mass is 278 g/mol. The molecule has 0 radical (unpaired) electrons. The molecule has 0 spiro atoms. The number of pyridine rings is 1. The number of nitrogen functional groups attached to an aromatic ring is 1. The van der Waals surface area contributed by atoms with Crippen molar-refractivity contribution in [3.63, 3.8) is 0 Å². The first-order chi connectivity index (χ1) is 7.54. The van der Waals surface area contributed by atoms with E-state index in [0.29, 0.717) is 0 Å². The molecule has 2 N–H and O–H groups in total. The summed E-state index contributed by atoms with van der Waals surface area (Å²) in [6.07, 6.45) is 0.911.